The second-order valence-corrected chi connectivity index (χ2v) is 5.83. The summed E-state index contributed by atoms with van der Waals surface area (Å²) in [5, 5.41) is 9.95. The van der Waals surface area contributed by atoms with Gasteiger partial charge >= 0.3 is 5.97 Å². The molecule has 1 N–H and O–H groups in total. The minimum atomic E-state index is -0.980. The normalized spacial score (nSPS) is 18.4. The van der Waals surface area contributed by atoms with Gasteiger partial charge in [0, 0.05) is 23.2 Å². The number of nitrogens with zero attached hydrogens (tertiary/aromatic N) is 4. The van der Waals surface area contributed by atoms with E-state index in [1.165, 1.54) is 0 Å². The predicted octanol–water partition coefficient (Wildman–Crippen LogP) is 0.525. The van der Waals surface area contributed by atoms with Crippen molar-refractivity contribution < 1.29 is 14.7 Å². The SMILES string of the molecule is O=C(O)CN1C=c2cccnc2=NC1C1=Nc2ccccc2C(=O)C1. The highest BCUT2D eigenvalue weighted by Gasteiger charge is 2.30. The zero-order valence-electron chi connectivity index (χ0n) is 13.2. The number of carboxylic acid groups (broad SMARTS) is 1. The van der Waals surface area contributed by atoms with E-state index < -0.39 is 12.1 Å². The highest BCUT2D eigenvalue weighted by atomic mass is 16.4. The Bertz CT molecular complexity index is 1030. The van der Waals surface area contributed by atoms with Gasteiger partial charge in [-0.2, -0.15) is 0 Å². The lowest BCUT2D eigenvalue weighted by Crippen LogP contribution is -2.48. The Morgan fingerprint density at radius 1 is 1.24 bits per heavy atom. The van der Waals surface area contributed by atoms with E-state index in [0.717, 1.165) is 5.22 Å². The molecule has 7 heteroatoms. The number of ketones is 1. The van der Waals surface area contributed by atoms with Gasteiger partial charge in [0.2, 0.25) is 0 Å². The number of carboxylic acids is 1. The number of Topliss-reactive ketones (excluding diaryl/α,β-unsaturated/α-hetero) is 1. The summed E-state index contributed by atoms with van der Waals surface area (Å²) in [6.45, 7) is -0.239. The van der Waals surface area contributed by atoms with Crippen LogP contribution in [0.15, 0.2) is 52.6 Å². The summed E-state index contributed by atoms with van der Waals surface area (Å²) in [5.74, 6) is -1.02. The van der Waals surface area contributed by atoms with Gasteiger partial charge in [0.25, 0.3) is 0 Å². The molecular formula is C18H14N4O3. The van der Waals surface area contributed by atoms with Crippen LogP contribution in [0.5, 0.6) is 0 Å². The number of hydrogen-bond donors (Lipinski definition) is 1. The van der Waals surface area contributed by atoms with Gasteiger partial charge in [-0.3, -0.25) is 14.6 Å². The summed E-state index contributed by atoms with van der Waals surface area (Å²) in [6.07, 6.45) is 2.79. The highest BCUT2D eigenvalue weighted by molar-refractivity contribution is 6.17. The van der Waals surface area contributed by atoms with Crippen molar-refractivity contribution in [1.29, 1.82) is 0 Å². The quantitative estimate of drug-likeness (QED) is 0.883. The van der Waals surface area contributed by atoms with E-state index in [4.69, 9.17) is 0 Å². The molecule has 0 radical (unpaired) electrons. The molecule has 4 rings (SSSR count). The van der Waals surface area contributed by atoms with E-state index in [0.29, 0.717) is 22.5 Å². The van der Waals surface area contributed by atoms with Crippen LogP contribution in [0.1, 0.15) is 16.8 Å². The van der Waals surface area contributed by atoms with E-state index in [1.807, 2.05) is 12.1 Å². The molecular weight excluding hydrogens is 320 g/mol. The first-order valence-electron chi connectivity index (χ1n) is 7.80. The summed E-state index contributed by atoms with van der Waals surface area (Å²) in [6, 6.07) is 10.7. The largest absolute Gasteiger partial charge is 0.480 e. The van der Waals surface area contributed by atoms with Gasteiger partial charge < -0.3 is 10.0 Å². The fourth-order valence-corrected chi connectivity index (χ4v) is 3.02. The fraction of sp³-hybridized carbons (Fsp3) is 0.167. The summed E-state index contributed by atoms with van der Waals surface area (Å²) < 4.78 is 0. The van der Waals surface area contributed by atoms with Crippen LogP contribution in [0, 0.1) is 0 Å². The summed E-state index contributed by atoms with van der Waals surface area (Å²) in [7, 11) is 0. The molecule has 0 saturated heterocycles. The lowest BCUT2D eigenvalue weighted by Gasteiger charge is -2.30. The number of aliphatic imine (C=N–C) groups is 1. The minimum absolute atomic E-state index is 0.0436. The summed E-state index contributed by atoms with van der Waals surface area (Å²) >= 11 is 0. The molecule has 1 aromatic carbocycles. The maximum atomic E-state index is 12.4. The molecule has 0 spiro atoms. The maximum Gasteiger partial charge on any atom is 0.323 e. The Labute approximate surface area is 142 Å². The number of fused-ring (bicyclic) bond motifs is 2. The van der Waals surface area contributed by atoms with Gasteiger partial charge in [-0.05, 0) is 24.3 Å². The van der Waals surface area contributed by atoms with Crippen molar-refractivity contribution in [3.8, 4) is 0 Å². The number of rotatable bonds is 3. The molecule has 1 unspecified atom stereocenters. The molecule has 1 aromatic heterocycles. The van der Waals surface area contributed by atoms with E-state index in [-0.39, 0.29) is 18.7 Å². The first kappa shape index (κ1) is 15.2. The fourth-order valence-electron chi connectivity index (χ4n) is 3.02. The third kappa shape index (κ3) is 2.80. The zero-order valence-corrected chi connectivity index (χ0v) is 13.2. The third-order valence-corrected chi connectivity index (χ3v) is 4.11. The zero-order chi connectivity index (χ0) is 17.4. The second kappa shape index (κ2) is 5.94. The Hall–Kier alpha value is -3.35. The van der Waals surface area contributed by atoms with Crippen LogP contribution in [0.25, 0.3) is 6.20 Å². The van der Waals surface area contributed by atoms with Crippen LogP contribution in [0.3, 0.4) is 0 Å². The van der Waals surface area contributed by atoms with Gasteiger partial charge in [0.05, 0.1) is 17.8 Å². The molecule has 0 saturated carbocycles. The van der Waals surface area contributed by atoms with Crippen molar-refractivity contribution in [2.24, 2.45) is 9.98 Å². The minimum Gasteiger partial charge on any atom is -0.480 e. The van der Waals surface area contributed by atoms with Gasteiger partial charge in [0.1, 0.15) is 6.54 Å². The monoisotopic (exact) mass is 334 g/mol. The van der Waals surface area contributed by atoms with E-state index in [9.17, 15) is 14.7 Å². The van der Waals surface area contributed by atoms with Crippen molar-refractivity contribution in [3.05, 3.63) is 58.9 Å². The topological polar surface area (TPSA) is 95.2 Å². The second-order valence-electron chi connectivity index (χ2n) is 5.83. The number of aliphatic carboxylic acids is 1. The molecule has 0 bridgehead atoms. The van der Waals surface area contributed by atoms with Gasteiger partial charge in [-0.1, -0.05) is 12.1 Å². The standard InChI is InChI=1S/C18H14N4O3/c23-15-8-14(20-13-6-2-1-5-12(13)15)18-21-17-11(4-3-7-19-17)9-22(18)10-16(24)25/h1-7,9,18H,8,10H2,(H,24,25). The molecule has 2 aliphatic rings. The summed E-state index contributed by atoms with van der Waals surface area (Å²) in [4.78, 5) is 38.6. The molecule has 2 aromatic rings. The Kier molecular flexibility index (Phi) is 3.61. The number of pyridine rings is 1. The average molecular weight is 334 g/mol. The van der Waals surface area contributed by atoms with E-state index in [1.54, 1.807) is 41.6 Å². The van der Waals surface area contributed by atoms with Gasteiger partial charge in [-0.25, -0.2) is 9.98 Å². The molecule has 0 amide bonds. The number of para-hydroxylation sites is 1. The number of benzene rings is 1. The summed E-state index contributed by atoms with van der Waals surface area (Å²) in [5.41, 5.74) is 2.21. The molecule has 0 aliphatic carbocycles. The average Bonchev–Trinajstić information content (AvgIpc) is 2.60. The van der Waals surface area contributed by atoms with Crippen molar-refractivity contribution in [2.75, 3.05) is 6.54 Å². The number of aromatic nitrogens is 1. The number of hydrogen-bond acceptors (Lipinski definition) is 6. The Morgan fingerprint density at radius 3 is 2.92 bits per heavy atom. The molecule has 3 heterocycles. The van der Waals surface area contributed by atoms with Crippen LogP contribution in [0.2, 0.25) is 0 Å². The molecule has 0 fully saturated rings. The lowest BCUT2D eigenvalue weighted by atomic mass is 9.98. The molecule has 1 atom stereocenters. The number of carbonyl (C=O) groups excluding carboxylic acids is 1. The van der Waals surface area contributed by atoms with Crippen molar-refractivity contribution in [2.45, 2.75) is 12.6 Å². The van der Waals surface area contributed by atoms with Crippen molar-refractivity contribution >= 4 is 29.4 Å². The van der Waals surface area contributed by atoms with Gasteiger partial charge in [-0.15, -0.1) is 0 Å². The van der Waals surface area contributed by atoms with Crippen LogP contribution in [-0.2, 0) is 4.79 Å². The number of carbonyl (C=O) groups is 2. The maximum absolute atomic E-state index is 12.4. The first-order chi connectivity index (χ1) is 12.1. The van der Waals surface area contributed by atoms with E-state index in [2.05, 4.69) is 15.0 Å². The van der Waals surface area contributed by atoms with Crippen molar-refractivity contribution in [1.82, 2.24) is 9.88 Å². The third-order valence-electron chi connectivity index (χ3n) is 4.11. The van der Waals surface area contributed by atoms with Crippen molar-refractivity contribution in [3.63, 3.8) is 0 Å². The molecule has 124 valence electrons. The van der Waals surface area contributed by atoms with E-state index >= 15 is 0 Å². The van der Waals surface area contributed by atoms with Crippen LogP contribution >= 0.6 is 0 Å². The van der Waals surface area contributed by atoms with Crippen LogP contribution in [-0.4, -0.2) is 45.2 Å². The first-order valence-corrected chi connectivity index (χ1v) is 7.80. The Balaban J connectivity index is 1.83. The molecule has 2 aliphatic heterocycles. The van der Waals surface area contributed by atoms with Crippen LogP contribution in [0.4, 0.5) is 5.69 Å². The van der Waals surface area contributed by atoms with Gasteiger partial charge in [0.15, 0.2) is 17.4 Å². The van der Waals surface area contributed by atoms with Crippen LogP contribution < -0.4 is 10.7 Å². The molecule has 7 nitrogen and oxygen atoms in total. The smallest absolute Gasteiger partial charge is 0.323 e. The molecule has 25 heavy (non-hydrogen) atoms. The lowest BCUT2D eigenvalue weighted by molar-refractivity contribution is -0.137. The Morgan fingerprint density at radius 2 is 2.08 bits per heavy atom. The highest BCUT2D eigenvalue weighted by Crippen LogP contribution is 2.27. The predicted molar refractivity (Wildman–Crippen MR) is 90.1 cm³/mol.